The van der Waals surface area contributed by atoms with Crippen molar-refractivity contribution in [2.45, 2.75) is 45.9 Å². The van der Waals surface area contributed by atoms with Gasteiger partial charge in [-0.25, -0.2) is 0 Å². The van der Waals surface area contributed by atoms with Gasteiger partial charge in [0.25, 0.3) is 0 Å². The molecular weight excluding hydrogens is 475 g/mol. The molecule has 0 aromatic carbocycles. The van der Waals surface area contributed by atoms with Gasteiger partial charge in [-0.2, -0.15) is 0 Å². The van der Waals surface area contributed by atoms with Crippen LogP contribution in [0.25, 0.3) is 11.2 Å². The zero-order chi connectivity index (χ0) is 15.7. The molecule has 3 atom stereocenters. The molecule has 1 aliphatic heterocycles. The van der Waals surface area contributed by atoms with Gasteiger partial charge >= 0.3 is 146 Å². The summed E-state index contributed by atoms with van der Waals surface area (Å²) in [5, 5.41) is 0. The van der Waals surface area contributed by atoms with Crippen LogP contribution in [0.5, 0.6) is 5.88 Å². The number of fused-ring (bicyclic) bond motifs is 1. The van der Waals surface area contributed by atoms with Crippen LogP contribution in [-0.2, 0) is 4.74 Å². The molecule has 1 N–H and O–H groups in total. The van der Waals surface area contributed by atoms with E-state index < -0.39 is 0 Å². The van der Waals surface area contributed by atoms with E-state index in [0.29, 0.717) is 62.0 Å². The van der Waals surface area contributed by atoms with Gasteiger partial charge in [-0.1, -0.05) is 0 Å². The molecule has 7 nitrogen and oxygen atoms in total. The second-order valence-corrected chi connectivity index (χ2v) is 6.65. The van der Waals surface area contributed by atoms with E-state index in [1.54, 1.807) is 6.33 Å². The van der Waals surface area contributed by atoms with Crippen LogP contribution in [0.1, 0.15) is 39.8 Å². The van der Waals surface area contributed by atoms with Gasteiger partial charge in [0.1, 0.15) is 0 Å². The molecule has 1 aliphatic rings. The molecule has 2 aromatic heterocycles. The molecule has 1 saturated heterocycles. The molecule has 116 valence electrons. The summed E-state index contributed by atoms with van der Waals surface area (Å²) >= 11 is 0.569. The normalized spacial score (nSPS) is 24.7. The van der Waals surface area contributed by atoms with Crippen molar-refractivity contribution < 1.29 is 9.47 Å². The van der Waals surface area contributed by atoms with Gasteiger partial charge in [0, 0.05) is 0 Å². The molecule has 0 saturated carbocycles. The van der Waals surface area contributed by atoms with Crippen LogP contribution in [0.15, 0.2) is 6.33 Å². The van der Waals surface area contributed by atoms with Crippen molar-refractivity contribution in [2.75, 3.05) is 9.73 Å². The first-order valence-electron chi connectivity index (χ1n) is 7.67. The minimum absolute atomic E-state index is 0.0243. The number of hydrogen-bond acceptors (Lipinski definition) is 6. The number of ether oxygens (including phenoxy) is 2. The number of aromatic nitrogens is 4. The molecule has 22 heavy (non-hydrogen) atoms. The Balaban J connectivity index is 2.05. The maximum atomic E-state index is 6.16. The summed E-state index contributed by atoms with van der Waals surface area (Å²) < 4.78 is 16.9. The van der Waals surface area contributed by atoms with Gasteiger partial charge in [-0.05, 0) is 0 Å². The van der Waals surface area contributed by atoms with Gasteiger partial charge in [-0.15, -0.1) is 0 Å². The van der Waals surface area contributed by atoms with E-state index in [1.807, 2.05) is 11.5 Å². The van der Waals surface area contributed by atoms with Crippen molar-refractivity contribution in [3.63, 3.8) is 0 Å². The van der Waals surface area contributed by atoms with Gasteiger partial charge < -0.3 is 0 Å². The average molecular weight is 495 g/mol. The zero-order valence-electron chi connectivity index (χ0n) is 13.1. The Bertz CT molecular complexity index is 662. The second kappa shape index (κ2) is 6.65. The predicted molar refractivity (Wildman–Crippen MR) is 83.9 cm³/mol. The molecule has 1 fully saturated rings. The SMILES string of the molecule is CCOc1nc([NH][Tl])nc2c1ncn2C1OC(CC)CC1C. The number of nitrogens with one attached hydrogen (secondary N) is 1. The van der Waals surface area contributed by atoms with Gasteiger partial charge in [0.15, 0.2) is 0 Å². The first-order valence-corrected chi connectivity index (χ1v) is 9.91. The predicted octanol–water partition coefficient (Wildman–Crippen LogP) is 2.05. The Hall–Kier alpha value is -0.968. The van der Waals surface area contributed by atoms with Gasteiger partial charge in [0.05, 0.1) is 0 Å². The molecule has 0 bridgehead atoms. The monoisotopic (exact) mass is 495 g/mol. The van der Waals surface area contributed by atoms with Crippen LogP contribution >= 0.6 is 0 Å². The van der Waals surface area contributed by atoms with Crippen molar-refractivity contribution in [1.82, 2.24) is 19.5 Å². The van der Waals surface area contributed by atoms with Crippen LogP contribution < -0.4 is 7.86 Å². The Kier molecular flexibility index (Phi) is 4.81. The number of anilines is 1. The van der Waals surface area contributed by atoms with E-state index in [2.05, 4.69) is 31.9 Å². The molecule has 3 rings (SSSR count). The van der Waals surface area contributed by atoms with E-state index in [1.165, 1.54) is 0 Å². The number of nitrogens with zero attached hydrogens (tertiary/aromatic N) is 4. The average Bonchev–Trinajstić information content (AvgIpc) is 3.10. The summed E-state index contributed by atoms with van der Waals surface area (Å²) in [6.07, 6.45) is 4.17. The molecule has 0 amide bonds. The molecule has 8 heteroatoms. The van der Waals surface area contributed by atoms with E-state index in [9.17, 15) is 0 Å². The molecule has 0 radical (unpaired) electrons. The summed E-state index contributed by atoms with van der Waals surface area (Å²) in [6.45, 7) is 6.86. The summed E-state index contributed by atoms with van der Waals surface area (Å²) in [5.74, 6) is 1.56. The standard InChI is InChI=1S/C14H20N5O2.Tl/c1-4-9-6-8(3)13(21-9)19-7-16-10-11(19)17-14(15)18-12(10)20-5-2;/h7-9,13H,4-6H2,1-3H3,(H-,15,17,18);/q-1;+1. The Labute approximate surface area is 145 Å². The van der Waals surface area contributed by atoms with E-state index >= 15 is 0 Å². The summed E-state index contributed by atoms with van der Waals surface area (Å²) in [4.78, 5) is 13.4. The Morgan fingerprint density at radius 1 is 1.45 bits per heavy atom. The molecule has 0 aliphatic carbocycles. The van der Waals surface area contributed by atoms with E-state index in [4.69, 9.17) is 9.47 Å². The van der Waals surface area contributed by atoms with Crippen LogP contribution in [0, 0.1) is 5.92 Å². The first-order chi connectivity index (χ1) is 10.7. The van der Waals surface area contributed by atoms with Crippen molar-refractivity contribution in [1.29, 1.82) is 0 Å². The van der Waals surface area contributed by atoms with Gasteiger partial charge in [0.2, 0.25) is 0 Å². The van der Waals surface area contributed by atoms with E-state index in [-0.39, 0.29) is 6.23 Å². The van der Waals surface area contributed by atoms with Gasteiger partial charge in [-0.3, -0.25) is 0 Å². The third kappa shape index (κ3) is 2.80. The quantitative estimate of drug-likeness (QED) is 0.642. The molecule has 2 aromatic rings. The molecular formula is C14H20N5O2Tl. The van der Waals surface area contributed by atoms with Crippen LogP contribution in [0.3, 0.4) is 0 Å². The van der Waals surface area contributed by atoms with Crippen molar-refractivity contribution in [3.8, 4) is 5.88 Å². The van der Waals surface area contributed by atoms with Crippen molar-refractivity contribution in [3.05, 3.63) is 6.33 Å². The zero-order valence-corrected chi connectivity index (χ0v) is 17.6. The maximum absolute atomic E-state index is 6.16. The van der Waals surface area contributed by atoms with Crippen LogP contribution in [0.2, 0.25) is 0 Å². The van der Waals surface area contributed by atoms with Crippen LogP contribution in [-0.4, -0.2) is 58.3 Å². The summed E-state index contributed by atoms with van der Waals surface area (Å²) in [5.41, 5.74) is 1.47. The minimum atomic E-state index is -0.0243. The Morgan fingerprint density at radius 3 is 2.91 bits per heavy atom. The number of rotatable bonds is 5. The third-order valence-corrected chi connectivity index (χ3v) is 4.99. The van der Waals surface area contributed by atoms with Crippen LogP contribution in [0.4, 0.5) is 5.95 Å². The fourth-order valence-corrected chi connectivity index (χ4v) is 3.40. The third-order valence-electron chi connectivity index (χ3n) is 3.98. The number of imidazole rings is 1. The molecule has 0 spiro atoms. The second-order valence-electron chi connectivity index (χ2n) is 5.52. The summed E-state index contributed by atoms with van der Waals surface area (Å²) in [7, 11) is 0. The Morgan fingerprint density at radius 2 is 2.27 bits per heavy atom. The van der Waals surface area contributed by atoms with Crippen molar-refractivity contribution >= 4 is 43.2 Å². The fourth-order valence-electron chi connectivity index (χ4n) is 2.90. The first kappa shape index (κ1) is 15.9. The fraction of sp³-hybridized carbons (Fsp3) is 0.643. The van der Waals surface area contributed by atoms with E-state index in [0.717, 1.165) is 18.5 Å². The molecule has 3 unspecified atom stereocenters. The molecule has 3 heterocycles. The summed E-state index contributed by atoms with van der Waals surface area (Å²) in [6, 6.07) is 0. The number of hydrogen-bond donors (Lipinski definition) is 1. The topological polar surface area (TPSA) is 74.1 Å². The van der Waals surface area contributed by atoms with Crippen molar-refractivity contribution in [2.24, 2.45) is 5.92 Å².